The largest absolute Gasteiger partial charge is 0.294 e. The molecule has 0 N–H and O–H groups in total. The highest BCUT2D eigenvalue weighted by molar-refractivity contribution is 8.13. The monoisotopic (exact) mass is 275 g/mol. The predicted molar refractivity (Wildman–Crippen MR) is 85.5 cm³/mol. The normalized spacial score (nSPS) is 14.3. The van der Waals surface area contributed by atoms with Crippen LogP contribution in [0.5, 0.6) is 0 Å². The van der Waals surface area contributed by atoms with Crippen LogP contribution in [0.1, 0.15) is 32.8 Å². The Balaban J connectivity index is 3.14. The molecule has 0 radical (unpaired) electrons. The molecule has 0 aliphatic heterocycles. The minimum absolute atomic E-state index is 0.0449. The molecule has 0 bridgehead atoms. The van der Waals surface area contributed by atoms with Gasteiger partial charge in [0.05, 0.1) is 10.7 Å². The average Bonchev–Trinajstić information content (AvgIpc) is 2.46. The van der Waals surface area contributed by atoms with Crippen LogP contribution in [0.25, 0.3) is 5.70 Å². The maximum atomic E-state index is 12.1. The van der Waals surface area contributed by atoms with E-state index in [1.54, 1.807) is 17.8 Å². The second-order valence-electron chi connectivity index (χ2n) is 4.44. The van der Waals surface area contributed by atoms with Gasteiger partial charge in [-0.3, -0.25) is 4.79 Å². The summed E-state index contributed by atoms with van der Waals surface area (Å²) in [4.78, 5) is 16.6. The van der Waals surface area contributed by atoms with Crippen LogP contribution in [0.3, 0.4) is 0 Å². The summed E-state index contributed by atoms with van der Waals surface area (Å²) in [5, 5.41) is 0.951. The minimum atomic E-state index is 0.0449. The number of hydrogen-bond donors (Lipinski definition) is 0. The highest BCUT2D eigenvalue weighted by Gasteiger charge is 2.10. The number of hydrogen-bond acceptors (Lipinski definition) is 3. The van der Waals surface area contributed by atoms with Crippen molar-refractivity contribution in [3.05, 3.63) is 42.0 Å². The van der Waals surface area contributed by atoms with Gasteiger partial charge in [-0.25, -0.2) is 4.99 Å². The zero-order valence-electron chi connectivity index (χ0n) is 12.0. The SMILES string of the molecule is CCC(C)C(=O)/C=C(\N=C(C)SC)c1ccccc1. The first-order chi connectivity index (χ1) is 9.08. The summed E-state index contributed by atoms with van der Waals surface area (Å²) in [7, 11) is 0. The maximum Gasteiger partial charge on any atom is 0.160 e. The van der Waals surface area contributed by atoms with Crippen LogP contribution >= 0.6 is 11.8 Å². The second kappa shape index (κ2) is 7.95. The fourth-order valence-corrected chi connectivity index (χ4v) is 1.67. The summed E-state index contributed by atoms with van der Waals surface area (Å²) >= 11 is 1.59. The number of carbonyl (C=O) groups is 1. The number of thioether (sulfide) groups is 1. The van der Waals surface area contributed by atoms with E-state index in [4.69, 9.17) is 0 Å². The molecule has 0 fully saturated rings. The van der Waals surface area contributed by atoms with Crippen LogP contribution in [0.15, 0.2) is 41.4 Å². The van der Waals surface area contributed by atoms with E-state index < -0.39 is 0 Å². The summed E-state index contributed by atoms with van der Waals surface area (Å²) in [5.74, 6) is 0.183. The first-order valence-electron chi connectivity index (χ1n) is 6.48. The quantitative estimate of drug-likeness (QED) is 0.452. The van der Waals surface area contributed by atoms with Gasteiger partial charge >= 0.3 is 0 Å². The van der Waals surface area contributed by atoms with Crippen molar-refractivity contribution in [2.45, 2.75) is 27.2 Å². The van der Waals surface area contributed by atoms with Crippen molar-refractivity contribution >= 4 is 28.3 Å². The van der Waals surface area contributed by atoms with Crippen LogP contribution in [-0.4, -0.2) is 17.1 Å². The van der Waals surface area contributed by atoms with E-state index in [1.807, 2.05) is 57.4 Å². The van der Waals surface area contributed by atoms with E-state index in [2.05, 4.69) is 4.99 Å². The van der Waals surface area contributed by atoms with Crippen LogP contribution in [-0.2, 0) is 4.79 Å². The summed E-state index contributed by atoms with van der Waals surface area (Å²) in [5.41, 5.74) is 1.73. The Kier molecular flexibility index (Phi) is 6.57. The molecule has 0 saturated heterocycles. The van der Waals surface area contributed by atoms with Gasteiger partial charge in [0.1, 0.15) is 0 Å². The number of nitrogens with zero attached hydrogens (tertiary/aromatic N) is 1. The third kappa shape index (κ3) is 5.03. The summed E-state index contributed by atoms with van der Waals surface area (Å²) in [6, 6.07) is 9.84. The molecule has 1 aromatic rings. The Bertz CT molecular complexity index is 477. The standard InChI is InChI=1S/C16H21NOS/c1-5-12(2)16(18)11-15(17-13(3)19-4)14-9-7-6-8-10-14/h6-12H,5H2,1-4H3/b15-11-,17-13?. The van der Waals surface area contributed by atoms with Gasteiger partial charge in [-0.05, 0) is 19.6 Å². The second-order valence-corrected chi connectivity index (χ2v) is 5.44. The predicted octanol–water partition coefficient (Wildman–Crippen LogP) is 4.42. The highest BCUT2D eigenvalue weighted by atomic mass is 32.2. The van der Waals surface area contributed by atoms with E-state index in [0.717, 1.165) is 22.7 Å². The molecule has 1 aromatic carbocycles. The maximum absolute atomic E-state index is 12.1. The molecule has 1 unspecified atom stereocenters. The Hall–Kier alpha value is -1.35. The average molecular weight is 275 g/mol. The smallest absolute Gasteiger partial charge is 0.160 e. The molecule has 1 rings (SSSR count). The molecule has 2 nitrogen and oxygen atoms in total. The lowest BCUT2D eigenvalue weighted by Gasteiger charge is -2.07. The fourth-order valence-electron chi connectivity index (χ4n) is 1.48. The van der Waals surface area contributed by atoms with Gasteiger partial charge in [0.2, 0.25) is 0 Å². The lowest BCUT2D eigenvalue weighted by Crippen LogP contribution is -2.07. The van der Waals surface area contributed by atoms with Gasteiger partial charge in [-0.2, -0.15) is 0 Å². The highest BCUT2D eigenvalue weighted by Crippen LogP contribution is 2.19. The molecule has 0 aliphatic carbocycles. The molecule has 3 heteroatoms. The molecule has 19 heavy (non-hydrogen) atoms. The number of aliphatic imine (C=N–C) groups is 1. The number of rotatable bonds is 5. The molecule has 0 amide bonds. The van der Waals surface area contributed by atoms with E-state index in [9.17, 15) is 4.79 Å². The lowest BCUT2D eigenvalue weighted by atomic mass is 10.0. The molecule has 0 aromatic heterocycles. The van der Waals surface area contributed by atoms with Crippen molar-refractivity contribution in [2.75, 3.05) is 6.26 Å². The topological polar surface area (TPSA) is 29.4 Å². The Morgan fingerprint density at radius 1 is 1.37 bits per heavy atom. The van der Waals surface area contributed by atoms with Gasteiger partial charge in [0, 0.05) is 17.6 Å². The molecule has 0 saturated carbocycles. The zero-order chi connectivity index (χ0) is 14.3. The number of ketones is 1. The van der Waals surface area contributed by atoms with Crippen molar-refractivity contribution in [1.29, 1.82) is 0 Å². The van der Waals surface area contributed by atoms with Gasteiger partial charge in [-0.1, -0.05) is 44.2 Å². The van der Waals surface area contributed by atoms with Crippen LogP contribution in [0.2, 0.25) is 0 Å². The van der Waals surface area contributed by atoms with Crippen LogP contribution in [0.4, 0.5) is 0 Å². The van der Waals surface area contributed by atoms with E-state index >= 15 is 0 Å². The minimum Gasteiger partial charge on any atom is -0.294 e. The molecular weight excluding hydrogens is 254 g/mol. The van der Waals surface area contributed by atoms with Gasteiger partial charge in [0.25, 0.3) is 0 Å². The number of benzene rings is 1. The third-order valence-electron chi connectivity index (χ3n) is 3.02. The molecular formula is C16H21NOS. The van der Waals surface area contributed by atoms with Crippen molar-refractivity contribution in [3.8, 4) is 0 Å². The van der Waals surface area contributed by atoms with Crippen molar-refractivity contribution < 1.29 is 4.79 Å². The number of allylic oxidation sites excluding steroid dienone is 1. The molecule has 0 spiro atoms. The Morgan fingerprint density at radius 2 is 2.00 bits per heavy atom. The van der Waals surface area contributed by atoms with E-state index in [1.165, 1.54) is 0 Å². The molecule has 0 aliphatic rings. The van der Waals surface area contributed by atoms with Gasteiger partial charge in [0.15, 0.2) is 5.78 Å². The van der Waals surface area contributed by atoms with Gasteiger partial charge in [-0.15, -0.1) is 11.8 Å². The summed E-state index contributed by atoms with van der Waals surface area (Å²) < 4.78 is 0. The number of carbonyl (C=O) groups excluding carboxylic acids is 1. The summed E-state index contributed by atoms with van der Waals surface area (Å²) in [6.45, 7) is 5.93. The Morgan fingerprint density at radius 3 is 2.53 bits per heavy atom. The van der Waals surface area contributed by atoms with Crippen molar-refractivity contribution in [2.24, 2.45) is 10.9 Å². The van der Waals surface area contributed by atoms with E-state index in [-0.39, 0.29) is 11.7 Å². The fraction of sp³-hybridized carbons (Fsp3) is 0.375. The van der Waals surface area contributed by atoms with Gasteiger partial charge < -0.3 is 0 Å². The Labute approximate surface area is 120 Å². The lowest BCUT2D eigenvalue weighted by molar-refractivity contribution is -0.117. The van der Waals surface area contributed by atoms with Crippen molar-refractivity contribution in [1.82, 2.24) is 0 Å². The van der Waals surface area contributed by atoms with E-state index in [0.29, 0.717) is 0 Å². The molecule has 102 valence electrons. The third-order valence-corrected chi connectivity index (χ3v) is 3.70. The van der Waals surface area contributed by atoms with Crippen LogP contribution < -0.4 is 0 Å². The summed E-state index contributed by atoms with van der Waals surface area (Å²) in [6.07, 6.45) is 4.50. The first kappa shape index (κ1) is 15.7. The first-order valence-corrected chi connectivity index (χ1v) is 7.71. The van der Waals surface area contributed by atoms with Crippen LogP contribution in [0, 0.1) is 5.92 Å². The van der Waals surface area contributed by atoms with Crippen molar-refractivity contribution in [3.63, 3.8) is 0 Å². The zero-order valence-corrected chi connectivity index (χ0v) is 12.8. The molecule has 1 atom stereocenters. The molecule has 0 heterocycles.